The van der Waals surface area contributed by atoms with Gasteiger partial charge in [0.15, 0.2) is 4.60 Å². The van der Waals surface area contributed by atoms with E-state index in [0.29, 0.717) is 15.1 Å². The van der Waals surface area contributed by atoms with E-state index in [2.05, 4.69) is 25.9 Å². The number of aromatic amines is 1. The van der Waals surface area contributed by atoms with Crippen molar-refractivity contribution in [3.8, 4) is 5.88 Å². The fourth-order valence-corrected chi connectivity index (χ4v) is 1.01. The summed E-state index contributed by atoms with van der Waals surface area (Å²) in [4.78, 5) is 6.71. The van der Waals surface area contributed by atoms with E-state index in [4.69, 9.17) is 17.0 Å². The van der Waals surface area contributed by atoms with Gasteiger partial charge >= 0.3 is 0 Å². The highest BCUT2D eigenvalue weighted by Gasteiger charge is 1.97. The SMILES string of the molecule is COc1[nH]c(=S)cnc1Br. The first-order valence-electron chi connectivity index (χ1n) is 2.53. The average molecular weight is 221 g/mol. The molecular weight excluding hydrogens is 216 g/mol. The average Bonchev–Trinajstić information content (AvgIpc) is 1.94. The monoisotopic (exact) mass is 220 g/mol. The van der Waals surface area contributed by atoms with Gasteiger partial charge in [0.2, 0.25) is 5.88 Å². The zero-order valence-corrected chi connectivity index (χ0v) is 7.62. The third-order valence-electron chi connectivity index (χ3n) is 0.923. The largest absolute Gasteiger partial charge is 0.480 e. The van der Waals surface area contributed by atoms with Crippen molar-refractivity contribution in [1.29, 1.82) is 0 Å². The Labute approximate surface area is 71.6 Å². The molecule has 0 aliphatic rings. The fourth-order valence-electron chi connectivity index (χ4n) is 0.505. The molecule has 0 aromatic carbocycles. The molecule has 1 N–H and O–H groups in total. The molecule has 1 aromatic rings. The molecule has 0 aliphatic heterocycles. The summed E-state index contributed by atoms with van der Waals surface area (Å²) in [5, 5.41) is 0. The van der Waals surface area contributed by atoms with Crippen LogP contribution in [0.4, 0.5) is 0 Å². The molecule has 1 rings (SSSR count). The Hall–Kier alpha value is -0.420. The standard InChI is InChI=1S/C5H5BrN2OS/c1-9-5-4(6)7-2-3(10)8-5/h2H,1H3,(H,8,10). The van der Waals surface area contributed by atoms with Crippen LogP contribution in [0.25, 0.3) is 0 Å². The maximum atomic E-state index is 4.89. The van der Waals surface area contributed by atoms with Crippen LogP contribution < -0.4 is 4.74 Å². The van der Waals surface area contributed by atoms with Gasteiger partial charge in [0.25, 0.3) is 0 Å². The normalized spacial score (nSPS) is 9.40. The number of halogens is 1. The molecule has 0 bridgehead atoms. The van der Waals surface area contributed by atoms with Crippen molar-refractivity contribution in [2.24, 2.45) is 0 Å². The van der Waals surface area contributed by atoms with Crippen LogP contribution in [0, 0.1) is 4.64 Å². The van der Waals surface area contributed by atoms with Gasteiger partial charge in [0.1, 0.15) is 4.64 Å². The molecule has 0 saturated heterocycles. The molecule has 1 heterocycles. The molecule has 3 nitrogen and oxygen atoms in total. The highest BCUT2D eigenvalue weighted by atomic mass is 79.9. The van der Waals surface area contributed by atoms with Crippen molar-refractivity contribution in [3.05, 3.63) is 15.4 Å². The fraction of sp³-hybridized carbons (Fsp3) is 0.200. The quantitative estimate of drug-likeness (QED) is 0.736. The van der Waals surface area contributed by atoms with Crippen LogP contribution in [0.3, 0.4) is 0 Å². The lowest BCUT2D eigenvalue weighted by atomic mass is 10.7. The van der Waals surface area contributed by atoms with Crippen molar-refractivity contribution in [3.63, 3.8) is 0 Å². The van der Waals surface area contributed by atoms with Gasteiger partial charge in [-0.3, -0.25) is 0 Å². The predicted molar refractivity (Wildman–Crippen MR) is 43.7 cm³/mol. The minimum Gasteiger partial charge on any atom is -0.480 e. The zero-order chi connectivity index (χ0) is 7.56. The number of methoxy groups -OCH3 is 1. The first-order valence-corrected chi connectivity index (χ1v) is 3.73. The molecule has 0 aliphatic carbocycles. The molecule has 5 heteroatoms. The van der Waals surface area contributed by atoms with Crippen molar-refractivity contribution >= 4 is 28.1 Å². The first kappa shape index (κ1) is 7.68. The van der Waals surface area contributed by atoms with Gasteiger partial charge in [-0.2, -0.15) is 0 Å². The Morgan fingerprint density at radius 3 is 3.00 bits per heavy atom. The second-order valence-corrected chi connectivity index (χ2v) is 2.76. The third kappa shape index (κ3) is 1.54. The molecule has 0 fully saturated rings. The first-order chi connectivity index (χ1) is 4.74. The summed E-state index contributed by atoms with van der Waals surface area (Å²) in [6.45, 7) is 0. The minimum atomic E-state index is 0.549. The summed E-state index contributed by atoms with van der Waals surface area (Å²) in [6, 6.07) is 0. The summed E-state index contributed by atoms with van der Waals surface area (Å²) in [5.74, 6) is 0.549. The van der Waals surface area contributed by atoms with Crippen LogP contribution >= 0.6 is 28.1 Å². The lowest BCUT2D eigenvalue weighted by Gasteiger charge is -1.99. The van der Waals surface area contributed by atoms with Crippen LogP contribution in [0.2, 0.25) is 0 Å². The van der Waals surface area contributed by atoms with E-state index in [0.717, 1.165) is 0 Å². The van der Waals surface area contributed by atoms with E-state index in [1.54, 1.807) is 13.3 Å². The Kier molecular flexibility index (Phi) is 2.39. The molecule has 1 aromatic heterocycles. The maximum absolute atomic E-state index is 4.89. The van der Waals surface area contributed by atoms with Gasteiger partial charge in [0, 0.05) is 0 Å². The molecule has 54 valence electrons. The number of aromatic nitrogens is 2. The highest BCUT2D eigenvalue weighted by Crippen LogP contribution is 2.16. The topological polar surface area (TPSA) is 37.9 Å². The van der Waals surface area contributed by atoms with Crippen molar-refractivity contribution in [2.45, 2.75) is 0 Å². The number of H-pyrrole nitrogens is 1. The smallest absolute Gasteiger partial charge is 0.225 e. The molecule has 0 spiro atoms. The second kappa shape index (κ2) is 3.12. The third-order valence-corrected chi connectivity index (χ3v) is 1.70. The van der Waals surface area contributed by atoms with Gasteiger partial charge in [-0.05, 0) is 15.9 Å². The Morgan fingerprint density at radius 2 is 2.50 bits per heavy atom. The predicted octanol–water partition coefficient (Wildman–Crippen LogP) is 1.91. The Bertz CT molecular complexity index is 285. The van der Waals surface area contributed by atoms with Crippen molar-refractivity contribution in [1.82, 2.24) is 9.97 Å². The van der Waals surface area contributed by atoms with Gasteiger partial charge < -0.3 is 9.72 Å². The van der Waals surface area contributed by atoms with Crippen molar-refractivity contribution < 1.29 is 4.74 Å². The van der Waals surface area contributed by atoms with Crippen LogP contribution in [0.15, 0.2) is 10.8 Å². The molecule has 0 atom stereocenters. The van der Waals surface area contributed by atoms with E-state index in [9.17, 15) is 0 Å². The number of hydrogen-bond donors (Lipinski definition) is 1. The van der Waals surface area contributed by atoms with E-state index in [-0.39, 0.29) is 0 Å². The van der Waals surface area contributed by atoms with Crippen molar-refractivity contribution in [2.75, 3.05) is 7.11 Å². The number of nitrogens with one attached hydrogen (secondary N) is 1. The molecule has 0 radical (unpaired) electrons. The molecule has 0 saturated carbocycles. The summed E-state index contributed by atoms with van der Waals surface area (Å²) < 4.78 is 6.08. The lowest BCUT2D eigenvalue weighted by Crippen LogP contribution is -1.90. The van der Waals surface area contributed by atoms with E-state index >= 15 is 0 Å². The molecule has 0 amide bonds. The van der Waals surface area contributed by atoms with Crippen LogP contribution in [0.1, 0.15) is 0 Å². The maximum Gasteiger partial charge on any atom is 0.225 e. The summed E-state index contributed by atoms with van der Waals surface area (Å²) in [5.41, 5.74) is 0. The molecule has 0 unspecified atom stereocenters. The lowest BCUT2D eigenvalue weighted by molar-refractivity contribution is 0.391. The minimum absolute atomic E-state index is 0.549. The van der Waals surface area contributed by atoms with E-state index in [1.807, 2.05) is 0 Å². The summed E-state index contributed by atoms with van der Waals surface area (Å²) >= 11 is 7.98. The highest BCUT2D eigenvalue weighted by molar-refractivity contribution is 9.10. The number of rotatable bonds is 1. The number of ether oxygens (including phenoxy) is 1. The van der Waals surface area contributed by atoms with Gasteiger partial charge in [-0.25, -0.2) is 4.98 Å². The zero-order valence-electron chi connectivity index (χ0n) is 5.22. The van der Waals surface area contributed by atoms with Gasteiger partial charge in [0.05, 0.1) is 13.3 Å². The van der Waals surface area contributed by atoms with Crippen LogP contribution in [0.5, 0.6) is 5.88 Å². The number of hydrogen-bond acceptors (Lipinski definition) is 3. The second-order valence-electron chi connectivity index (χ2n) is 1.57. The van der Waals surface area contributed by atoms with Crippen LogP contribution in [-0.2, 0) is 0 Å². The Morgan fingerprint density at radius 1 is 1.80 bits per heavy atom. The summed E-state index contributed by atoms with van der Waals surface area (Å²) in [6.07, 6.45) is 1.54. The van der Waals surface area contributed by atoms with E-state index in [1.165, 1.54) is 0 Å². The van der Waals surface area contributed by atoms with E-state index < -0.39 is 0 Å². The Balaban J connectivity index is 3.22. The van der Waals surface area contributed by atoms with Gasteiger partial charge in [-0.15, -0.1) is 0 Å². The van der Waals surface area contributed by atoms with Crippen LogP contribution in [-0.4, -0.2) is 17.1 Å². The molecular formula is C5H5BrN2OS. The number of nitrogens with zero attached hydrogens (tertiary/aromatic N) is 1. The summed E-state index contributed by atoms with van der Waals surface area (Å²) in [7, 11) is 1.55. The van der Waals surface area contributed by atoms with Gasteiger partial charge in [-0.1, -0.05) is 12.2 Å². The molecule has 10 heavy (non-hydrogen) atoms.